The summed E-state index contributed by atoms with van der Waals surface area (Å²) in [7, 11) is 0. The Labute approximate surface area is 222 Å². The first-order valence-corrected chi connectivity index (χ1v) is 12.8. The number of nitrogens with zero attached hydrogens (tertiary/aromatic N) is 1. The Kier molecular flexibility index (Phi) is 8.52. The number of anilines is 1. The van der Waals surface area contributed by atoms with Crippen LogP contribution in [0.2, 0.25) is 5.02 Å². The van der Waals surface area contributed by atoms with Crippen LogP contribution in [0.25, 0.3) is 10.4 Å². The summed E-state index contributed by atoms with van der Waals surface area (Å²) in [6.07, 6.45) is 1.62. The van der Waals surface area contributed by atoms with E-state index in [1.165, 1.54) is 0 Å². The van der Waals surface area contributed by atoms with Crippen LogP contribution in [0, 0.1) is 5.92 Å². The fourth-order valence-corrected chi connectivity index (χ4v) is 5.36. The molecule has 1 saturated heterocycles. The molecule has 0 aliphatic carbocycles. The van der Waals surface area contributed by atoms with Gasteiger partial charge in [-0.15, -0.1) is 11.3 Å². The van der Waals surface area contributed by atoms with Gasteiger partial charge in [-0.05, 0) is 48.6 Å². The molecule has 0 spiro atoms. The van der Waals surface area contributed by atoms with E-state index < -0.39 is 18.5 Å². The monoisotopic (exact) mass is 544 g/mol. The van der Waals surface area contributed by atoms with E-state index in [9.17, 15) is 19.5 Å². The third-order valence-corrected chi connectivity index (χ3v) is 7.53. The third kappa shape index (κ3) is 6.72. The quantitative estimate of drug-likeness (QED) is 0.322. The van der Waals surface area contributed by atoms with E-state index in [1.807, 2.05) is 30.3 Å². The molecule has 194 valence electrons. The molecular weight excluding hydrogens is 520 g/mol. The number of nitrogens with one attached hydrogen (secondary N) is 1. The minimum atomic E-state index is -1.25. The Balaban J connectivity index is 1.35. The smallest absolute Gasteiger partial charge is 0.349 e. The average molecular weight is 545 g/mol. The van der Waals surface area contributed by atoms with Crippen molar-refractivity contribution in [3.63, 3.8) is 0 Å². The van der Waals surface area contributed by atoms with Crippen LogP contribution in [0.5, 0.6) is 11.5 Å². The van der Waals surface area contributed by atoms with E-state index in [-0.39, 0.29) is 27.6 Å². The first-order chi connectivity index (χ1) is 17.8. The largest absolute Gasteiger partial charge is 0.493 e. The standard InChI is InChI=1S/C26H25ClN2O7S/c27-21-22(36-15-20(30)31)24(25(32)33)37-23(21)17-5-4-8-19(13-17)35-14-16-9-11-29(12-10-16)26(34)28-18-6-2-1-3-7-18/h1-8,13,16H,9-12,14-15H2,(H,28,34)(H,30,31)(H,32,33). The second kappa shape index (κ2) is 12.0. The predicted molar refractivity (Wildman–Crippen MR) is 140 cm³/mol. The topological polar surface area (TPSA) is 125 Å². The van der Waals surface area contributed by atoms with Crippen LogP contribution < -0.4 is 14.8 Å². The molecule has 3 N–H and O–H groups in total. The van der Waals surface area contributed by atoms with Gasteiger partial charge in [0.1, 0.15) is 10.8 Å². The Hall–Kier alpha value is -3.76. The number of benzene rings is 2. The second-order valence-electron chi connectivity index (χ2n) is 8.46. The van der Waals surface area contributed by atoms with E-state index in [4.69, 9.17) is 26.2 Å². The molecule has 4 rings (SSSR count). The van der Waals surface area contributed by atoms with E-state index in [1.54, 1.807) is 29.2 Å². The molecule has 1 aliphatic rings. The highest BCUT2D eigenvalue weighted by atomic mass is 35.5. The van der Waals surface area contributed by atoms with Crippen molar-refractivity contribution in [3.05, 3.63) is 64.5 Å². The Morgan fingerprint density at radius 3 is 2.43 bits per heavy atom. The lowest BCUT2D eigenvalue weighted by Gasteiger charge is -2.32. The van der Waals surface area contributed by atoms with Crippen LogP contribution >= 0.6 is 22.9 Å². The van der Waals surface area contributed by atoms with Crippen molar-refractivity contribution in [1.29, 1.82) is 0 Å². The number of carbonyl (C=O) groups excluding carboxylic acids is 1. The van der Waals surface area contributed by atoms with Gasteiger partial charge in [-0.1, -0.05) is 41.9 Å². The van der Waals surface area contributed by atoms with Crippen molar-refractivity contribution in [2.45, 2.75) is 12.8 Å². The molecular formula is C26H25ClN2O7S. The highest BCUT2D eigenvalue weighted by Crippen LogP contribution is 2.46. The maximum Gasteiger partial charge on any atom is 0.349 e. The Morgan fingerprint density at radius 1 is 1.03 bits per heavy atom. The summed E-state index contributed by atoms with van der Waals surface area (Å²) in [5.41, 5.74) is 1.40. The summed E-state index contributed by atoms with van der Waals surface area (Å²) in [5, 5.41) is 21.3. The van der Waals surface area contributed by atoms with Gasteiger partial charge in [0.2, 0.25) is 0 Å². The molecule has 1 fully saturated rings. The van der Waals surface area contributed by atoms with Crippen LogP contribution in [0.1, 0.15) is 22.5 Å². The fourth-order valence-electron chi connectivity index (χ4n) is 3.95. The maximum atomic E-state index is 12.5. The number of aromatic carboxylic acids is 1. The van der Waals surface area contributed by atoms with E-state index in [0.717, 1.165) is 29.9 Å². The van der Waals surface area contributed by atoms with Gasteiger partial charge in [0.15, 0.2) is 17.2 Å². The number of amides is 2. The first kappa shape index (κ1) is 26.3. The summed E-state index contributed by atoms with van der Waals surface area (Å²) in [6, 6.07) is 16.3. The molecule has 2 aromatic carbocycles. The molecule has 0 bridgehead atoms. The highest BCUT2D eigenvalue weighted by molar-refractivity contribution is 7.18. The molecule has 2 amide bonds. The fraction of sp³-hybridized carbons (Fsp3) is 0.269. The second-order valence-corrected chi connectivity index (χ2v) is 9.86. The summed E-state index contributed by atoms with van der Waals surface area (Å²) in [5.74, 6) is -1.78. The zero-order valence-corrected chi connectivity index (χ0v) is 21.3. The van der Waals surface area contributed by atoms with Crippen LogP contribution in [0.4, 0.5) is 10.5 Å². The number of carboxylic acids is 2. The highest BCUT2D eigenvalue weighted by Gasteiger charge is 2.26. The van der Waals surface area contributed by atoms with Gasteiger partial charge in [0.05, 0.1) is 11.5 Å². The van der Waals surface area contributed by atoms with Crippen LogP contribution in [-0.2, 0) is 4.79 Å². The van der Waals surface area contributed by atoms with Crippen molar-refractivity contribution in [2.75, 3.05) is 31.6 Å². The molecule has 3 aromatic rings. The van der Waals surface area contributed by atoms with E-state index in [0.29, 0.717) is 35.9 Å². The SMILES string of the molecule is O=C(O)COc1c(C(=O)O)sc(-c2cccc(OCC3CCN(C(=O)Nc4ccccc4)CC3)c2)c1Cl. The normalized spacial score (nSPS) is 13.7. The molecule has 2 heterocycles. The number of urea groups is 1. The number of piperidine rings is 1. The molecule has 37 heavy (non-hydrogen) atoms. The number of thiophene rings is 1. The van der Waals surface area contributed by atoms with Crippen LogP contribution in [-0.4, -0.2) is 59.4 Å². The summed E-state index contributed by atoms with van der Waals surface area (Å²) in [6.45, 7) is 1.04. The lowest BCUT2D eigenvalue weighted by atomic mass is 9.98. The number of aliphatic carboxylic acids is 1. The molecule has 0 saturated carbocycles. The molecule has 0 radical (unpaired) electrons. The summed E-state index contributed by atoms with van der Waals surface area (Å²) in [4.78, 5) is 37.1. The van der Waals surface area contributed by atoms with Crippen molar-refractivity contribution in [2.24, 2.45) is 5.92 Å². The molecule has 11 heteroatoms. The third-order valence-electron chi connectivity index (χ3n) is 5.85. The van der Waals surface area contributed by atoms with Gasteiger partial charge in [0.25, 0.3) is 0 Å². The zero-order valence-electron chi connectivity index (χ0n) is 19.7. The van der Waals surface area contributed by atoms with Gasteiger partial charge in [-0.2, -0.15) is 0 Å². The van der Waals surface area contributed by atoms with Gasteiger partial charge < -0.3 is 29.9 Å². The number of halogens is 1. The number of carbonyl (C=O) groups is 3. The van der Waals surface area contributed by atoms with Gasteiger partial charge in [-0.3, -0.25) is 0 Å². The van der Waals surface area contributed by atoms with Crippen molar-refractivity contribution in [1.82, 2.24) is 4.90 Å². The number of rotatable bonds is 9. The van der Waals surface area contributed by atoms with Crippen molar-refractivity contribution < 1.29 is 34.1 Å². The molecule has 1 aliphatic heterocycles. The molecule has 0 unspecified atom stereocenters. The van der Waals surface area contributed by atoms with Crippen molar-refractivity contribution in [3.8, 4) is 21.9 Å². The van der Waals surface area contributed by atoms with E-state index in [2.05, 4.69) is 5.32 Å². The summed E-state index contributed by atoms with van der Waals surface area (Å²) < 4.78 is 11.2. The predicted octanol–water partition coefficient (Wildman–Crippen LogP) is 5.55. The van der Waals surface area contributed by atoms with Crippen LogP contribution in [0.15, 0.2) is 54.6 Å². The van der Waals surface area contributed by atoms with Gasteiger partial charge >= 0.3 is 18.0 Å². The molecule has 9 nitrogen and oxygen atoms in total. The number of ether oxygens (including phenoxy) is 2. The Bertz CT molecular complexity index is 1270. The van der Waals surface area contributed by atoms with Crippen LogP contribution in [0.3, 0.4) is 0 Å². The number of hydrogen-bond acceptors (Lipinski definition) is 6. The average Bonchev–Trinajstić information content (AvgIpc) is 3.23. The lowest BCUT2D eigenvalue weighted by molar-refractivity contribution is -0.139. The molecule has 1 aromatic heterocycles. The van der Waals surface area contributed by atoms with Crippen molar-refractivity contribution >= 4 is 46.6 Å². The van der Waals surface area contributed by atoms with E-state index >= 15 is 0 Å². The lowest BCUT2D eigenvalue weighted by Crippen LogP contribution is -2.42. The number of para-hydroxylation sites is 1. The maximum absolute atomic E-state index is 12.5. The van der Waals surface area contributed by atoms with Gasteiger partial charge in [-0.25, -0.2) is 14.4 Å². The summed E-state index contributed by atoms with van der Waals surface area (Å²) >= 11 is 7.29. The number of likely N-dealkylation sites (tertiary alicyclic amines) is 1. The number of hydrogen-bond donors (Lipinski definition) is 3. The Morgan fingerprint density at radius 2 is 1.76 bits per heavy atom. The zero-order chi connectivity index (χ0) is 26.4. The van der Waals surface area contributed by atoms with Gasteiger partial charge in [0, 0.05) is 18.8 Å². The minimum absolute atomic E-state index is 0.0435. The minimum Gasteiger partial charge on any atom is -0.493 e. The molecule has 0 atom stereocenters. The number of carboxylic acid groups (broad SMARTS) is 2. The first-order valence-electron chi connectivity index (χ1n) is 11.6.